The maximum absolute atomic E-state index is 4.67. The number of fused-ring (bicyclic) bond motifs is 1. The summed E-state index contributed by atoms with van der Waals surface area (Å²) in [6.07, 6.45) is 13.5. The Hall–Kier alpha value is -1.55. The molecule has 0 amide bonds. The lowest BCUT2D eigenvalue weighted by atomic mass is 10.0. The molecule has 0 unspecified atom stereocenters. The van der Waals surface area contributed by atoms with E-state index in [2.05, 4.69) is 45.7 Å². The quantitative estimate of drug-likeness (QED) is 0.454. The van der Waals surface area contributed by atoms with Crippen molar-refractivity contribution in [3.05, 3.63) is 23.8 Å². The molecule has 1 aliphatic heterocycles. The highest BCUT2D eigenvalue weighted by atomic mass is 15.1. The van der Waals surface area contributed by atoms with Crippen LogP contribution in [0, 0.1) is 5.92 Å². The maximum atomic E-state index is 4.67. The normalized spacial score (nSPS) is 17.2. The number of imidazole rings is 1. The maximum Gasteiger partial charge on any atom is 0.201 e. The van der Waals surface area contributed by atoms with Crippen LogP contribution >= 0.6 is 0 Å². The number of nitrogens with one attached hydrogen (secondary N) is 3. The van der Waals surface area contributed by atoms with Gasteiger partial charge in [-0.1, -0.05) is 57.9 Å². The molecule has 3 rings (SSSR count). The Labute approximate surface area is 158 Å². The molecule has 1 aromatic heterocycles. The van der Waals surface area contributed by atoms with Gasteiger partial charge < -0.3 is 15.6 Å². The number of anilines is 1. The van der Waals surface area contributed by atoms with Crippen molar-refractivity contribution >= 4 is 17.0 Å². The van der Waals surface area contributed by atoms with Crippen LogP contribution in [0.1, 0.15) is 70.3 Å². The highest BCUT2D eigenvalue weighted by Crippen LogP contribution is 2.19. The van der Waals surface area contributed by atoms with Gasteiger partial charge in [0.2, 0.25) is 5.95 Å². The summed E-state index contributed by atoms with van der Waals surface area (Å²) in [4.78, 5) is 8.12. The molecule has 0 saturated carbocycles. The molecule has 4 heteroatoms. The standard InChI is InChI=1S/C22H36N4/c1-2-3-4-5-6-7-8-9-10-18-11-12-20-21(15-18)26-22(25-20)24-17-19-13-14-23-16-19/h11-12,15,19,23H,2-10,13-14,16-17H2,1H3,(H2,24,25,26)/t19-/m0/s1. The van der Waals surface area contributed by atoms with Crippen molar-refractivity contribution in [3.63, 3.8) is 0 Å². The molecular formula is C22H36N4. The summed E-state index contributed by atoms with van der Waals surface area (Å²) in [5.74, 6) is 1.64. The number of unbranched alkanes of at least 4 members (excludes halogenated alkanes) is 7. The van der Waals surface area contributed by atoms with E-state index in [1.165, 1.54) is 69.8 Å². The third-order valence-corrected chi connectivity index (χ3v) is 5.59. The highest BCUT2D eigenvalue weighted by molar-refractivity contribution is 5.78. The molecule has 4 nitrogen and oxygen atoms in total. The van der Waals surface area contributed by atoms with Crippen LogP contribution in [-0.2, 0) is 6.42 Å². The van der Waals surface area contributed by atoms with E-state index in [1.807, 2.05) is 0 Å². The van der Waals surface area contributed by atoms with Gasteiger partial charge in [-0.05, 0) is 56.0 Å². The summed E-state index contributed by atoms with van der Waals surface area (Å²) in [5, 5.41) is 6.88. The Morgan fingerprint density at radius 3 is 2.65 bits per heavy atom. The van der Waals surface area contributed by atoms with Crippen LogP contribution in [-0.4, -0.2) is 29.6 Å². The SMILES string of the molecule is CCCCCCCCCCc1ccc2nc(NC[C@H]3CCNC3)[nH]c2c1. The van der Waals surface area contributed by atoms with Crippen LogP contribution in [0.25, 0.3) is 11.0 Å². The highest BCUT2D eigenvalue weighted by Gasteiger charge is 2.14. The average molecular weight is 357 g/mol. The summed E-state index contributed by atoms with van der Waals surface area (Å²) in [7, 11) is 0. The number of H-pyrrole nitrogens is 1. The van der Waals surface area contributed by atoms with E-state index in [9.17, 15) is 0 Å². The van der Waals surface area contributed by atoms with E-state index in [0.717, 1.165) is 42.5 Å². The summed E-state index contributed by atoms with van der Waals surface area (Å²) in [5.41, 5.74) is 3.66. The molecule has 0 bridgehead atoms. The van der Waals surface area contributed by atoms with E-state index in [-0.39, 0.29) is 0 Å². The van der Waals surface area contributed by atoms with Crippen molar-refractivity contribution in [3.8, 4) is 0 Å². The second kappa shape index (κ2) is 10.6. The minimum Gasteiger partial charge on any atom is -0.355 e. The fraction of sp³-hybridized carbons (Fsp3) is 0.682. The second-order valence-corrected chi connectivity index (χ2v) is 7.90. The van der Waals surface area contributed by atoms with Gasteiger partial charge >= 0.3 is 0 Å². The van der Waals surface area contributed by atoms with Crippen LogP contribution in [0.4, 0.5) is 5.95 Å². The predicted octanol–water partition coefficient (Wildman–Crippen LogP) is 5.27. The lowest BCUT2D eigenvalue weighted by Crippen LogP contribution is -2.17. The monoisotopic (exact) mass is 356 g/mol. The largest absolute Gasteiger partial charge is 0.355 e. The van der Waals surface area contributed by atoms with Crippen molar-refractivity contribution in [2.24, 2.45) is 5.92 Å². The van der Waals surface area contributed by atoms with Crippen LogP contribution in [0.5, 0.6) is 0 Å². The summed E-state index contributed by atoms with van der Waals surface area (Å²) in [6.45, 7) is 5.55. The molecule has 1 aliphatic rings. The number of rotatable bonds is 12. The van der Waals surface area contributed by atoms with Gasteiger partial charge in [0.1, 0.15) is 0 Å². The van der Waals surface area contributed by atoms with Gasteiger partial charge in [-0.15, -0.1) is 0 Å². The molecule has 2 heterocycles. The Bertz CT molecular complexity index is 643. The molecular weight excluding hydrogens is 320 g/mol. The van der Waals surface area contributed by atoms with Crippen LogP contribution in [0.15, 0.2) is 18.2 Å². The minimum absolute atomic E-state index is 0.723. The van der Waals surface area contributed by atoms with Gasteiger partial charge in [-0.2, -0.15) is 0 Å². The van der Waals surface area contributed by atoms with E-state index in [4.69, 9.17) is 0 Å². The minimum atomic E-state index is 0.723. The topological polar surface area (TPSA) is 52.7 Å². The zero-order valence-corrected chi connectivity index (χ0v) is 16.4. The van der Waals surface area contributed by atoms with Gasteiger partial charge in [-0.25, -0.2) is 4.98 Å². The number of hydrogen-bond acceptors (Lipinski definition) is 3. The van der Waals surface area contributed by atoms with E-state index < -0.39 is 0 Å². The fourth-order valence-electron chi connectivity index (χ4n) is 3.89. The third-order valence-electron chi connectivity index (χ3n) is 5.59. The Morgan fingerprint density at radius 2 is 1.88 bits per heavy atom. The predicted molar refractivity (Wildman–Crippen MR) is 112 cm³/mol. The van der Waals surface area contributed by atoms with Crippen LogP contribution < -0.4 is 10.6 Å². The smallest absolute Gasteiger partial charge is 0.201 e. The Balaban J connectivity index is 1.39. The van der Waals surface area contributed by atoms with Gasteiger partial charge in [-0.3, -0.25) is 0 Å². The van der Waals surface area contributed by atoms with Gasteiger partial charge in [0.05, 0.1) is 11.0 Å². The van der Waals surface area contributed by atoms with Crippen molar-refractivity contribution in [1.82, 2.24) is 15.3 Å². The first-order valence-electron chi connectivity index (χ1n) is 10.8. The number of nitrogens with zero attached hydrogens (tertiary/aromatic N) is 1. The molecule has 1 aromatic carbocycles. The van der Waals surface area contributed by atoms with E-state index >= 15 is 0 Å². The first kappa shape index (κ1) is 19.2. The molecule has 0 aliphatic carbocycles. The molecule has 3 N–H and O–H groups in total. The van der Waals surface area contributed by atoms with Crippen molar-refractivity contribution in [2.75, 3.05) is 25.0 Å². The van der Waals surface area contributed by atoms with E-state index in [0.29, 0.717) is 0 Å². The van der Waals surface area contributed by atoms with Gasteiger partial charge in [0.15, 0.2) is 0 Å². The molecule has 0 radical (unpaired) electrons. The second-order valence-electron chi connectivity index (χ2n) is 7.90. The molecule has 26 heavy (non-hydrogen) atoms. The molecule has 2 aromatic rings. The number of aryl methyl sites for hydroxylation is 1. The fourth-order valence-corrected chi connectivity index (χ4v) is 3.89. The molecule has 1 saturated heterocycles. The zero-order chi connectivity index (χ0) is 18.0. The summed E-state index contributed by atoms with van der Waals surface area (Å²) < 4.78 is 0. The number of aromatic amines is 1. The first-order valence-corrected chi connectivity index (χ1v) is 10.8. The average Bonchev–Trinajstić information content (AvgIpc) is 3.30. The third kappa shape index (κ3) is 6.01. The molecule has 144 valence electrons. The van der Waals surface area contributed by atoms with Crippen molar-refractivity contribution < 1.29 is 0 Å². The number of benzene rings is 1. The lowest BCUT2D eigenvalue weighted by molar-refractivity contribution is 0.575. The Kier molecular flexibility index (Phi) is 7.81. The van der Waals surface area contributed by atoms with Crippen molar-refractivity contribution in [1.29, 1.82) is 0 Å². The van der Waals surface area contributed by atoms with Crippen LogP contribution in [0.2, 0.25) is 0 Å². The molecule has 1 fully saturated rings. The van der Waals surface area contributed by atoms with Crippen LogP contribution in [0.3, 0.4) is 0 Å². The summed E-state index contributed by atoms with van der Waals surface area (Å²) >= 11 is 0. The zero-order valence-electron chi connectivity index (χ0n) is 16.4. The van der Waals surface area contributed by atoms with Crippen molar-refractivity contribution in [2.45, 2.75) is 71.1 Å². The van der Waals surface area contributed by atoms with Gasteiger partial charge in [0, 0.05) is 6.54 Å². The Morgan fingerprint density at radius 1 is 1.08 bits per heavy atom. The lowest BCUT2D eigenvalue weighted by Gasteiger charge is -2.08. The van der Waals surface area contributed by atoms with Gasteiger partial charge in [0.25, 0.3) is 0 Å². The van der Waals surface area contributed by atoms with E-state index in [1.54, 1.807) is 0 Å². The number of aromatic nitrogens is 2. The number of hydrogen-bond donors (Lipinski definition) is 3. The molecule has 1 atom stereocenters. The summed E-state index contributed by atoms with van der Waals surface area (Å²) in [6, 6.07) is 6.69. The molecule has 0 spiro atoms. The first-order chi connectivity index (χ1) is 12.8.